The first-order chi connectivity index (χ1) is 28.0. The molecule has 4 aromatic rings. The van der Waals surface area contributed by atoms with Crippen LogP contribution in [0.3, 0.4) is 0 Å². The van der Waals surface area contributed by atoms with Crippen LogP contribution in [0.5, 0.6) is 0 Å². The van der Waals surface area contributed by atoms with E-state index in [1.54, 1.807) is 0 Å². The molecule has 13 unspecified atom stereocenters. The zero-order valence-electron chi connectivity index (χ0n) is 29.3. The lowest BCUT2D eigenvalue weighted by molar-refractivity contribution is -0.254. The Morgan fingerprint density at radius 3 is 1.54 bits per heavy atom. The van der Waals surface area contributed by atoms with Crippen LogP contribution in [0.25, 0.3) is 22.3 Å². The van der Waals surface area contributed by atoms with E-state index in [0.717, 1.165) is 6.33 Å². The monoisotopic (exact) mass is 992 g/mol. The van der Waals surface area contributed by atoms with E-state index in [1.165, 1.54) is 28.1 Å². The van der Waals surface area contributed by atoms with Gasteiger partial charge < -0.3 is 84.5 Å². The molecule has 0 radical (unpaired) electrons. The third kappa shape index (κ3) is 13.2. The molecule has 342 valence electrons. The van der Waals surface area contributed by atoms with E-state index < -0.39 is 103 Å². The fourth-order valence-electron chi connectivity index (χ4n) is 5.17. The van der Waals surface area contributed by atoms with Crippen LogP contribution in [-0.4, -0.2) is 108 Å². The van der Waals surface area contributed by atoms with Gasteiger partial charge in [-0.2, -0.15) is 0 Å². The Bertz CT molecular complexity index is 2520. The van der Waals surface area contributed by atoms with Gasteiger partial charge in [-0.1, -0.05) is 0 Å². The van der Waals surface area contributed by atoms with Crippen molar-refractivity contribution >= 4 is 80.9 Å². The molecular weight excluding hydrogens is 966 g/mol. The lowest BCUT2D eigenvalue weighted by Gasteiger charge is -2.33. The summed E-state index contributed by atoms with van der Waals surface area (Å²) in [6.07, 6.45) is -4.84. The Balaban J connectivity index is 0.000000231. The molecule has 0 spiro atoms. The van der Waals surface area contributed by atoms with Crippen molar-refractivity contribution in [3.8, 4) is 0 Å². The van der Waals surface area contributed by atoms with Gasteiger partial charge in [0.2, 0.25) is 0 Å². The van der Waals surface area contributed by atoms with Crippen molar-refractivity contribution in [3.63, 3.8) is 0 Å². The number of fused-ring (bicyclic) bond motifs is 2. The van der Waals surface area contributed by atoms with Crippen LogP contribution in [-0.2, 0) is 63.2 Å². The molecule has 4 aromatic heterocycles. The third-order valence-electron chi connectivity index (χ3n) is 7.50. The summed E-state index contributed by atoms with van der Waals surface area (Å²) in [5, 5.41) is 30.4. The van der Waals surface area contributed by atoms with E-state index in [0.29, 0.717) is 0 Å². The topological polar surface area (TPSA) is 555 Å². The highest BCUT2D eigenvalue weighted by Gasteiger charge is 2.45. The number of anilines is 2. The second-order valence-corrected chi connectivity index (χ2v) is 20.4. The smallest absolute Gasteiger partial charge is 0.280 e. The Morgan fingerprint density at radius 2 is 1.07 bits per heavy atom. The van der Waals surface area contributed by atoms with E-state index >= 15 is 0 Å². The molecule has 2 fully saturated rings. The number of rotatable bonds is 16. The average Bonchev–Trinajstić information content (AvgIpc) is 3.86. The van der Waals surface area contributed by atoms with Gasteiger partial charge >= 0.3 is 0 Å². The van der Waals surface area contributed by atoms with Crippen LogP contribution < -0.4 is 40.8 Å². The highest BCUT2D eigenvalue weighted by atomic mass is 31.3. The molecule has 41 heteroatoms. The van der Waals surface area contributed by atoms with Crippen LogP contribution in [0.15, 0.2) is 25.3 Å². The van der Waals surface area contributed by atoms with Crippen molar-refractivity contribution in [1.29, 1.82) is 0 Å². The summed E-state index contributed by atoms with van der Waals surface area (Å²) in [7, 11) is -35.3. The number of hydrogen-bond acceptors (Lipinski definition) is 31. The lowest BCUT2D eigenvalue weighted by Crippen LogP contribution is -2.34. The molecule has 9 N–H and O–H groups in total. The molecule has 35 nitrogen and oxygen atoms in total. The quantitative estimate of drug-likeness (QED) is 0.0514. The largest absolute Gasteiger partial charge is 0.756 e. The number of nitrogen functional groups attached to an aromatic ring is 2. The van der Waals surface area contributed by atoms with Gasteiger partial charge in [0, 0.05) is 6.42 Å². The number of aliphatic hydroxyl groups excluding tert-OH is 3. The van der Waals surface area contributed by atoms with E-state index in [2.05, 4.69) is 56.2 Å². The molecule has 0 aromatic carbocycles. The summed E-state index contributed by atoms with van der Waals surface area (Å²) in [5.74, 6) is 0.132. The molecule has 0 saturated carbocycles. The molecule has 2 aliphatic heterocycles. The van der Waals surface area contributed by atoms with Gasteiger partial charge in [-0.05, 0) is 0 Å². The minimum absolute atomic E-state index is 0.0240. The van der Waals surface area contributed by atoms with Crippen LogP contribution in [0.4, 0.5) is 11.6 Å². The van der Waals surface area contributed by atoms with Gasteiger partial charge in [0.1, 0.15) is 54.3 Å². The molecular formula is C20H26N10O25P6-6. The van der Waals surface area contributed by atoms with Crippen LogP contribution in [0.2, 0.25) is 0 Å². The number of imidazole rings is 2. The first-order valence-corrected chi connectivity index (χ1v) is 24.5. The summed E-state index contributed by atoms with van der Waals surface area (Å²) >= 11 is 0. The van der Waals surface area contributed by atoms with Gasteiger partial charge in [0.05, 0.1) is 32.0 Å². The summed E-state index contributed by atoms with van der Waals surface area (Å²) in [4.78, 5) is 106. The zero-order valence-corrected chi connectivity index (χ0v) is 34.7. The van der Waals surface area contributed by atoms with Crippen molar-refractivity contribution in [3.05, 3.63) is 25.3 Å². The molecule has 6 heterocycles. The standard InChI is InChI=1S/C10H16N5O13P3.C10H16N5O12P3/c11-8-5-9(13-2-12-8)15(3-14-5)10-7(17)6(16)4(26-10)1-25-30(21,22)28-31(23,24)27-29(18,19)20;11-9-8-10(13-3-12-9)15(4-14-8)7-1-5(16)6(25-7)2-24-29(20,21)27-30(22,23)26-28(17,18)19/h2-4,6-7,10,16-17H,1H2,(H,21,22)(H,23,24)(H2,11,12,13)(H2,18,19,20);3-7,16H,1-2H2,(H,20,21)(H,22,23)(H2,11,12,13)(H2,17,18,19)/p-6. The predicted octanol–water partition coefficient (Wildman–Crippen LogP) is -6.02. The van der Waals surface area contributed by atoms with Crippen molar-refractivity contribution in [1.82, 2.24) is 39.0 Å². The maximum atomic E-state index is 11.6. The average molecular weight is 992 g/mol. The SMILES string of the molecule is Nc1ncnc2c1ncn2C1CC(O)C(COP(=O)([O-])OP(=O)([O-])OP(=O)([O-])O)O1.Nc1ncnc2c1ncn2C1OC(COP(=O)([O-])OP(=O)([O-])OP(=O)([O-])O)C(O)C1O. The summed E-state index contributed by atoms with van der Waals surface area (Å²) in [6.45, 7) is -1.95. The number of aliphatic hydroxyl groups is 3. The minimum atomic E-state index is -6.08. The molecule has 2 aliphatic rings. The number of hydrogen-bond donors (Lipinski definition) is 7. The Labute approximate surface area is 336 Å². The summed E-state index contributed by atoms with van der Waals surface area (Å²) in [6, 6.07) is 0. The third-order valence-corrected chi connectivity index (χ3v) is 14.9. The highest BCUT2D eigenvalue weighted by Crippen LogP contribution is 2.62. The molecule has 2 saturated heterocycles. The first kappa shape index (κ1) is 49.3. The number of nitrogens with two attached hydrogens (primary N) is 2. The number of ether oxygens (including phenoxy) is 2. The zero-order chi connectivity index (χ0) is 45.5. The Hall–Kier alpha value is -2.68. The van der Waals surface area contributed by atoms with Crippen molar-refractivity contribution < 1.29 is 118 Å². The van der Waals surface area contributed by atoms with Gasteiger partial charge in [-0.3, -0.25) is 36.5 Å². The molecule has 13 atom stereocenters. The second-order valence-electron chi connectivity index (χ2n) is 11.8. The van der Waals surface area contributed by atoms with Crippen molar-refractivity contribution in [2.45, 2.75) is 49.4 Å². The number of phosphoric ester groups is 2. The van der Waals surface area contributed by atoms with Gasteiger partial charge in [0.15, 0.2) is 29.2 Å². The normalized spacial score (nSPS) is 29.1. The lowest BCUT2D eigenvalue weighted by atomic mass is 10.1. The second kappa shape index (κ2) is 18.4. The van der Waals surface area contributed by atoms with Gasteiger partial charge in [-0.15, -0.1) is 0 Å². The summed E-state index contributed by atoms with van der Waals surface area (Å²) < 4.78 is 102. The van der Waals surface area contributed by atoms with E-state index in [9.17, 15) is 72.1 Å². The van der Waals surface area contributed by atoms with Gasteiger partial charge in [0.25, 0.3) is 46.9 Å². The van der Waals surface area contributed by atoms with Crippen LogP contribution >= 0.6 is 46.9 Å². The predicted molar refractivity (Wildman–Crippen MR) is 176 cm³/mol. The Kier molecular flexibility index (Phi) is 14.9. The van der Waals surface area contributed by atoms with E-state index in [-0.39, 0.29) is 40.4 Å². The molecule has 6 rings (SSSR count). The van der Waals surface area contributed by atoms with E-state index in [4.69, 9.17) is 30.7 Å². The molecule has 0 bridgehead atoms. The van der Waals surface area contributed by atoms with Crippen molar-refractivity contribution in [2.75, 3.05) is 24.7 Å². The fourth-order valence-corrected chi connectivity index (χ4v) is 11.0. The highest BCUT2D eigenvalue weighted by molar-refractivity contribution is 7.65. The fraction of sp³-hybridized carbons (Fsp3) is 0.500. The number of nitrogens with zero attached hydrogens (tertiary/aromatic N) is 8. The molecule has 61 heavy (non-hydrogen) atoms. The van der Waals surface area contributed by atoms with Crippen LogP contribution in [0.1, 0.15) is 18.9 Å². The maximum Gasteiger partial charge on any atom is 0.280 e. The van der Waals surface area contributed by atoms with E-state index in [1.807, 2.05) is 0 Å². The number of phosphoric acid groups is 6. The van der Waals surface area contributed by atoms with Gasteiger partial charge in [-0.25, -0.2) is 47.1 Å². The molecule has 0 amide bonds. The Morgan fingerprint density at radius 1 is 0.623 bits per heavy atom. The maximum absolute atomic E-state index is 11.6. The number of aromatic nitrogens is 8. The van der Waals surface area contributed by atoms with Crippen LogP contribution in [0, 0.1) is 0 Å². The minimum Gasteiger partial charge on any atom is -0.756 e. The van der Waals surface area contributed by atoms with Crippen molar-refractivity contribution in [2.24, 2.45) is 0 Å². The molecule has 0 aliphatic carbocycles. The summed E-state index contributed by atoms with van der Waals surface area (Å²) in [5.41, 5.74) is 12.2. The first-order valence-electron chi connectivity index (χ1n) is 15.6.